The van der Waals surface area contributed by atoms with Gasteiger partial charge in [0, 0.05) is 17.6 Å². The molecule has 0 N–H and O–H groups in total. The van der Waals surface area contributed by atoms with Crippen molar-refractivity contribution < 1.29 is 33.0 Å². The van der Waals surface area contributed by atoms with E-state index in [0.29, 0.717) is 17.8 Å². The molecule has 2 amide bonds. The van der Waals surface area contributed by atoms with Gasteiger partial charge in [-0.1, -0.05) is 18.2 Å². The van der Waals surface area contributed by atoms with Crippen LogP contribution in [0, 0.1) is 0 Å². The zero-order valence-electron chi connectivity index (χ0n) is 13.6. The number of furan rings is 1. The Bertz CT molecular complexity index is 810. The fraction of sp³-hybridized carbons (Fsp3) is 0.353. The van der Waals surface area contributed by atoms with Crippen molar-refractivity contribution in [3.63, 3.8) is 0 Å². The van der Waals surface area contributed by atoms with Gasteiger partial charge < -0.3 is 18.6 Å². The molecule has 0 spiro atoms. The number of carbonyl (C=O) groups excluding carboxylic acids is 3. The van der Waals surface area contributed by atoms with Crippen LogP contribution in [0.1, 0.15) is 23.0 Å². The second-order valence-electron chi connectivity index (χ2n) is 5.28. The summed E-state index contributed by atoms with van der Waals surface area (Å²) in [6, 6.07) is 7.15. The minimum Gasteiger partial charge on any atom is -0.450 e. The number of rotatable bonds is 6. The van der Waals surface area contributed by atoms with Crippen LogP contribution in [0.3, 0.4) is 0 Å². The molecule has 132 valence electrons. The van der Waals surface area contributed by atoms with E-state index in [9.17, 15) is 14.4 Å². The summed E-state index contributed by atoms with van der Waals surface area (Å²) in [5.74, 6) is -1.43. The highest BCUT2D eigenvalue weighted by atomic mass is 16.6. The molecule has 3 rings (SSSR count). The maximum absolute atomic E-state index is 12.3. The van der Waals surface area contributed by atoms with E-state index < -0.39 is 24.6 Å². The zero-order valence-corrected chi connectivity index (χ0v) is 13.6. The Morgan fingerprint density at radius 2 is 2.08 bits per heavy atom. The Morgan fingerprint density at radius 3 is 2.80 bits per heavy atom. The summed E-state index contributed by atoms with van der Waals surface area (Å²) in [6.07, 6.45) is -0.734. The van der Waals surface area contributed by atoms with Crippen LogP contribution in [-0.4, -0.2) is 49.2 Å². The third kappa shape index (κ3) is 3.48. The summed E-state index contributed by atoms with van der Waals surface area (Å²) < 4.78 is 20.6. The predicted molar refractivity (Wildman–Crippen MR) is 84.9 cm³/mol. The van der Waals surface area contributed by atoms with Gasteiger partial charge in [0.1, 0.15) is 12.2 Å². The number of hydrogen-bond acceptors (Lipinski definition) is 7. The van der Waals surface area contributed by atoms with Gasteiger partial charge in [0.25, 0.3) is 5.91 Å². The number of hydrogen-bond donors (Lipinski definition) is 0. The predicted octanol–water partition coefficient (Wildman–Crippen LogP) is 2.10. The van der Waals surface area contributed by atoms with Crippen molar-refractivity contribution in [1.82, 2.24) is 4.90 Å². The molecule has 2 aromatic rings. The molecule has 25 heavy (non-hydrogen) atoms. The monoisotopic (exact) mass is 347 g/mol. The summed E-state index contributed by atoms with van der Waals surface area (Å²) in [5.41, 5.74) is 1.09. The number of nitrogens with zero attached hydrogens (tertiary/aromatic N) is 1. The van der Waals surface area contributed by atoms with Gasteiger partial charge in [0.2, 0.25) is 5.76 Å². The molecule has 1 aliphatic rings. The molecule has 1 aliphatic heterocycles. The zero-order chi connectivity index (χ0) is 17.8. The first kappa shape index (κ1) is 17.0. The molecule has 1 aromatic heterocycles. The highest BCUT2D eigenvalue weighted by Gasteiger charge is 2.30. The maximum atomic E-state index is 12.3. The van der Waals surface area contributed by atoms with Gasteiger partial charge in [-0.05, 0) is 13.0 Å². The lowest BCUT2D eigenvalue weighted by Crippen LogP contribution is -2.35. The van der Waals surface area contributed by atoms with Crippen LogP contribution in [0.25, 0.3) is 11.0 Å². The molecular formula is C17H17NO7. The number of fused-ring (bicyclic) bond motifs is 1. The number of imide groups is 1. The fourth-order valence-electron chi connectivity index (χ4n) is 2.50. The van der Waals surface area contributed by atoms with E-state index in [2.05, 4.69) is 4.74 Å². The Balaban J connectivity index is 1.75. The molecule has 0 saturated carbocycles. The van der Waals surface area contributed by atoms with Crippen molar-refractivity contribution in [2.75, 3.05) is 26.4 Å². The third-order valence-electron chi connectivity index (χ3n) is 3.72. The van der Waals surface area contributed by atoms with Gasteiger partial charge in [-0.15, -0.1) is 0 Å². The van der Waals surface area contributed by atoms with Gasteiger partial charge in [0.15, 0.2) is 6.61 Å². The molecule has 2 heterocycles. The van der Waals surface area contributed by atoms with E-state index in [1.54, 1.807) is 12.1 Å². The van der Waals surface area contributed by atoms with Crippen LogP contribution in [0.15, 0.2) is 28.7 Å². The number of para-hydroxylation sites is 1. The molecule has 1 saturated heterocycles. The molecule has 0 bridgehead atoms. The van der Waals surface area contributed by atoms with Crippen LogP contribution in [-0.2, 0) is 25.6 Å². The van der Waals surface area contributed by atoms with Crippen molar-refractivity contribution in [2.24, 2.45) is 0 Å². The number of ether oxygens (including phenoxy) is 3. The van der Waals surface area contributed by atoms with Gasteiger partial charge in [-0.2, -0.15) is 0 Å². The molecule has 1 aromatic carbocycles. The summed E-state index contributed by atoms with van der Waals surface area (Å²) >= 11 is 0. The number of esters is 1. The standard InChI is InChI=1S/C17H17NO7/c1-2-22-9-12-11-5-3-4-6-13(11)25-15(12)16(20)24-10-14(19)18-7-8-23-17(18)21/h3-6H,2,7-10H2,1H3. The largest absolute Gasteiger partial charge is 0.450 e. The van der Waals surface area contributed by atoms with E-state index in [1.807, 2.05) is 19.1 Å². The molecule has 0 atom stereocenters. The molecular weight excluding hydrogens is 330 g/mol. The SMILES string of the molecule is CCOCc1c(C(=O)OCC(=O)N2CCOC2=O)oc2ccccc12. The first-order valence-electron chi connectivity index (χ1n) is 7.84. The number of carbonyl (C=O) groups is 3. The Labute approximate surface area is 143 Å². The Morgan fingerprint density at radius 1 is 1.28 bits per heavy atom. The molecule has 0 unspecified atom stereocenters. The van der Waals surface area contributed by atoms with Gasteiger partial charge in [0.05, 0.1) is 13.2 Å². The first-order chi connectivity index (χ1) is 12.1. The number of cyclic esters (lactones) is 1. The van der Waals surface area contributed by atoms with Gasteiger partial charge in [-0.3, -0.25) is 4.79 Å². The minimum absolute atomic E-state index is 0.00792. The number of benzene rings is 1. The molecule has 0 radical (unpaired) electrons. The Kier molecular flexibility index (Phi) is 4.99. The van der Waals surface area contributed by atoms with Crippen LogP contribution >= 0.6 is 0 Å². The van der Waals surface area contributed by atoms with E-state index >= 15 is 0 Å². The average Bonchev–Trinajstić information content (AvgIpc) is 3.21. The second kappa shape index (κ2) is 7.35. The molecule has 1 fully saturated rings. The van der Waals surface area contributed by atoms with Gasteiger partial charge in [-0.25, -0.2) is 14.5 Å². The van der Waals surface area contributed by atoms with Crippen molar-refractivity contribution in [3.05, 3.63) is 35.6 Å². The summed E-state index contributed by atoms with van der Waals surface area (Å²) in [5, 5.41) is 0.748. The highest BCUT2D eigenvalue weighted by molar-refractivity contribution is 5.98. The molecule has 0 aliphatic carbocycles. The van der Waals surface area contributed by atoms with Crippen LogP contribution in [0.2, 0.25) is 0 Å². The first-order valence-corrected chi connectivity index (χ1v) is 7.84. The third-order valence-corrected chi connectivity index (χ3v) is 3.72. The van der Waals surface area contributed by atoms with E-state index in [0.717, 1.165) is 10.3 Å². The lowest BCUT2D eigenvalue weighted by Gasteiger charge is -2.10. The van der Waals surface area contributed by atoms with E-state index in [-0.39, 0.29) is 25.5 Å². The van der Waals surface area contributed by atoms with Crippen LogP contribution < -0.4 is 0 Å². The summed E-state index contributed by atoms with van der Waals surface area (Å²) in [7, 11) is 0. The van der Waals surface area contributed by atoms with Crippen molar-refractivity contribution >= 4 is 28.9 Å². The molecule has 8 nitrogen and oxygen atoms in total. The van der Waals surface area contributed by atoms with Gasteiger partial charge >= 0.3 is 12.1 Å². The lowest BCUT2D eigenvalue weighted by atomic mass is 10.1. The smallest absolute Gasteiger partial charge is 0.416 e. The van der Waals surface area contributed by atoms with Crippen LogP contribution in [0.5, 0.6) is 0 Å². The topological polar surface area (TPSA) is 95.3 Å². The maximum Gasteiger partial charge on any atom is 0.416 e. The highest BCUT2D eigenvalue weighted by Crippen LogP contribution is 2.27. The van der Waals surface area contributed by atoms with E-state index in [1.165, 1.54) is 0 Å². The summed E-state index contributed by atoms with van der Waals surface area (Å²) in [6.45, 7) is 2.22. The lowest BCUT2D eigenvalue weighted by molar-refractivity contribution is -0.131. The fourth-order valence-corrected chi connectivity index (χ4v) is 2.50. The normalized spacial score (nSPS) is 14.0. The van der Waals surface area contributed by atoms with Crippen molar-refractivity contribution in [3.8, 4) is 0 Å². The van der Waals surface area contributed by atoms with Crippen LogP contribution in [0.4, 0.5) is 4.79 Å². The number of amides is 2. The summed E-state index contributed by atoms with van der Waals surface area (Å²) in [4.78, 5) is 36.5. The average molecular weight is 347 g/mol. The second-order valence-corrected chi connectivity index (χ2v) is 5.28. The molecule has 8 heteroatoms. The Hall–Kier alpha value is -2.87. The quantitative estimate of drug-likeness (QED) is 0.738. The van der Waals surface area contributed by atoms with Crippen molar-refractivity contribution in [1.29, 1.82) is 0 Å². The van der Waals surface area contributed by atoms with E-state index in [4.69, 9.17) is 13.9 Å². The van der Waals surface area contributed by atoms with Crippen molar-refractivity contribution in [2.45, 2.75) is 13.5 Å². The minimum atomic E-state index is -0.785.